The Morgan fingerprint density at radius 3 is 3.00 bits per heavy atom. The zero-order chi connectivity index (χ0) is 13.7. The molecule has 1 unspecified atom stereocenters. The Morgan fingerprint density at radius 1 is 1.42 bits per heavy atom. The van der Waals surface area contributed by atoms with Gasteiger partial charge in [0, 0.05) is 19.0 Å². The second-order valence-corrected chi connectivity index (χ2v) is 5.26. The van der Waals surface area contributed by atoms with E-state index in [9.17, 15) is 5.11 Å². The van der Waals surface area contributed by atoms with Gasteiger partial charge in [0.1, 0.15) is 5.75 Å². The summed E-state index contributed by atoms with van der Waals surface area (Å²) in [7, 11) is 0. The lowest BCUT2D eigenvalue weighted by Gasteiger charge is -2.34. The number of aromatic hydroxyl groups is 1. The van der Waals surface area contributed by atoms with E-state index in [4.69, 9.17) is 5.26 Å². The first-order valence-electron chi connectivity index (χ1n) is 7.17. The van der Waals surface area contributed by atoms with Crippen LogP contribution < -0.4 is 0 Å². The van der Waals surface area contributed by atoms with Crippen LogP contribution in [-0.2, 0) is 12.8 Å². The number of rotatable bonds is 5. The van der Waals surface area contributed by atoms with Gasteiger partial charge in [-0.15, -0.1) is 0 Å². The summed E-state index contributed by atoms with van der Waals surface area (Å²) in [6.07, 6.45) is 4.74. The van der Waals surface area contributed by atoms with Crippen molar-refractivity contribution >= 4 is 0 Å². The third-order valence-corrected chi connectivity index (χ3v) is 3.97. The van der Waals surface area contributed by atoms with Gasteiger partial charge in [-0.2, -0.15) is 5.26 Å². The van der Waals surface area contributed by atoms with Crippen molar-refractivity contribution in [1.82, 2.24) is 4.90 Å². The molecule has 0 radical (unpaired) electrons. The molecule has 19 heavy (non-hydrogen) atoms. The molecule has 1 aliphatic carbocycles. The molecule has 0 aliphatic heterocycles. The predicted octanol–water partition coefficient (Wildman–Crippen LogP) is 2.88. The summed E-state index contributed by atoms with van der Waals surface area (Å²) in [5.74, 6) is 0.440. The zero-order valence-corrected chi connectivity index (χ0v) is 11.6. The van der Waals surface area contributed by atoms with Crippen molar-refractivity contribution in [2.45, 2.75) is 45.1 Å². The topological polar surface area (TPSA) is 47.3 Å². The van der Waals surface area contributed by atoms with Crippen molar-refractivity contribution in [1.29, 1.82) is 5.26 Å². The van der Waals surface area contributed by atoms with Gasteiger partial charge in [-0.25, -0.2) is 0 Å². The average molecular weight is 258 g/mol. The molecule has 0 heterocycles. The van der Waals surface area contributed by atoms with Gasteiger partial charge in [-0.05, 0) is 49.4 Å². The van der Waals surface area contributed by atoms with Crippen LogP contribution in [0.2, 0.25) is 0 Å². The molecule has 3 nitrogen and oxygen atoms in total. The maximum atomic E-state index is 9.87. The molecule has 1 N–H and O–H groups in total. The maximum absolute atomic E-state index is 9.87. The molecule has 1 atom stereocenters. The van der Waals surface area contributed by atoms with E-state index < -0.39 is 0 Å². The Balaban J connectivity index is 2.08. The molecule has 102 valence electrons. The molecule has 0 saturated heterocycles. The third kappa shape index (κ3) is 3.27. The van der Waals surface area contributed by atoms with Gasteiger partial charge in [-0.3, -0.25) is 4.90 Å². The van der Waals surface area contributed by atoms with Crippen molar-refractivity contribution in [3.8, 4) is 11.8 Å². The maximum Gasteiger partial charge on any atom is 0.119 e. The lowest BCUT2D eigenvalue weighted by atomic mass is 9.86. The number of fused-ring (bicyclic) bond motifs is 1. The van der Waals surface area contributed by atoms with Crippen molar-refractivity contribution in [2.75, 3.05) is 13.1 Å². The highest BCUT2D eigenvalue weighted by atomic mass is 16.3. The zero-order valence-electron chi connectivity index (χ0n) is 11.6. The quantitative estimate of drug-likeness (QED) is 0.883. The Kier molecular flexibility index (Phi) is 4.81. The minimum Gasteiger partial charge on any atom is -0.508 e. The highest BCUT2D eigenvalue weighted by molar-refractivity contribution is 5.41. The smallest absolute Gasteiger partial charge is 0.119 e. The molecule has 2 rings (SSSR count). The van der Waals surface area contributed by atoms with Gasteiger partial charge in [0.05, 0.1) is 6.07 Å². The van der Waals surface area contributed by atoms with Gasteiger partial charge in [0.2, 0.25) is 0 Å². The summed E-state index contributed by atoms with van der Waals surface area (Å²) in [6, 6.07) is 8.58. The van der Waals surface area contributed by atoms with E-state index in [0.717, 1.165) is 44.3 Å². The van der Waals surface area contributed by atoms with Crippen LogP contribution in [0.15, 0.2) is 18.2 Å². The minimum absolute atomic E-state index is 0.440. The largest absolute Gasteiger partial charge is 0.508 e. The standard InChI is InChI=1S/C16H22N2O/c1-2-10-18(11-4-9-17)14-7-8-15-13(12-14)5-3-6-16(15)19/h3,5-6,14,19H,2,4,7-8,10-12H2,1H3. The van der Waals surface area contributed by atoms with Gasteiger partial charge in [0.25, 0.3) is 0 Å². The first kappa shape index (κ1) is 13.9. The summed E-state index contributed by atoms with van der Waals surface area (Å²) in [5.41, 5.74) is 2.39. The van der Waals surface area contributed by atoms with Gasteiger partial charge in [-0.1, -0.05) is 19.1 Å². The van der Waals surface area contributed by atoms with Gasteiger partial charge in [0.15, 0.2) is 0 Å². The van der Waals surface area contributed by atoms with E-state index in [1.165, 1.54) is 5.56 Å². The molecule has 0 aromatic heterocycles. The molecular weight excluding hydrogens is 236 g/mol. The van der Waals surface area contributed by atoms with Crippen molar-refractivity contribution < 1.29 is 5.11 Å². The van der Waals surface area contributed by atoms with Crippen LogP contribution in [-0.4, -0.2) is 29.1 Å². The SMILES string of the molecule is CCCN(CCC#N)C1CCc2c(O)cccc2C1. The molecule has 0 saturated carbocycles. The summed E-state index contributed by atoms with van der Waals surface area (Å²) in [5, 5.41) is 18.6. The van der Waals surface area contributed by atoms with Crippen LogP contribution in [0.5, 0.6) is 5.75 Å². The third-order valence-electron chi connectivity index (χ3n) is 3.97. The molecule has 1 aliphatic rings. The molecule has 1 aromatic rings. The van der Waals surface area contributed by atoms with E-state index in [1.54, 1.807) is 6.07 Å². The number of phenolic OH excluding ortho intramolecular Hbond substituents is 1. The van der Waals surface area contributed by atoms with E-state index in [-0.39, 0.29) is 0 Å². The Labute approximate surface area is 115 Å². The van der Waals surface area contributed by atoms with Crippen LogP contribution in [0.1, 0.15) is 37.3 Å². The Hall–Kier alpha value is -1.53. The number of nitrogens with zero attached hydrogens (tertiary/aromatic N) is 2. The number of hydrogen-bond acceptors (Lipinski definition) is 3. The van der Waals surface area contributed by atoms with Crippen molar-refractivity contribution in [3.63, 3.8) is 0 Å². The highest BCUT2D eigenvalue weighted by Gasteiger charge is 2.24. The first-order valence-corrected chi connectivity index (χ1v) is 7.17. The van der Waals surface area contributed by atoms with Crippen LogP contribution in [0.3, 0.4) is 0 Å². The number of phenols is 1. The lowest BCUT2D eigenvalue weighted by molar-refractivity contribution is 0.183. The summed E-state index contributed by atoms with van der Waals surface area (Å²) >= 11 is 0. The highest BCUT2D eigenvalue weighted by Crippen LogP contribution is 2.30. The fourth-order valence-corrected chi connectivity index (χ4v) is 3.04. The number of benzene rings is 1. The van der Waals surface area contributed by atoms with Crippen LogP contribution in [0, 0.1) is 11.3 Å². The monoisotopic (exact) mass is 258 g/mol. The van der Waals surface area contributed by atoms with Crippen molar-refractivity contribution in [2.24, 2.45) is 0 Å². The second-order valence-electron chi connectivity index (χ2n) is 5.26. The molecule has 0 amide bonds. The fraction of sp³-hybridized carbons (Fsp3) is 0.562. The first-order chi connectivity index (χ1) is 9.26. The van der Waals surface area contributed by atoms with Gasteiger partial charge >= 0.3 is 0 Å². The Morgan fingerprint density at radius 2 is 2.26 bits per heavy atom. The van der Waals surface area contributed by atoms with E-state index in [0.29, 0.717) is 18.2 Å². The van der Waals surface area contributed by atoms with E-state index in [2.05, 4.69) is 24.0 Å². The molecule has 3 heteroatoms. The van der Waals surface area contributed by atoms with E-state index >= 15 is 0 Å². The summed E-state index contributed by atoms with van der Waals surface area (Å²) in [4.78, 5) is 2.44. The fourth-order valence-electron chi connectivity index (χ4n) is 3.04. The normalized spacial score (nSPS) is 18.1. The minimum atomic E-state index is 0.440. The molecule has 0 fully saturated rings. The number of hydrogen-bond donors (Lipinski definition) is 1. The van der Waals surface area contributed by atoms with Crippen molar-refractivity contribution in [3.05, 3.63) is 29.3 Å². The second kappa shape index (κ2) is 6.58. The van der Waals surface area contributed by atoms with Crippen LogP contribution >= 0.6 is 0 Å². The van der Waals surface area contributed by atoms with E-state index in [1.807, 2.05) is 6.07 Å². The predicted molar refractivity (Wildman–Crippen MR) is 76.0 cm³/mol. The molecule has 0 spiro atoms. The van der Waals surface area contributed by atoms with Crippen LogP contribution in [0.4, 0.5) is 0 Å². The molecule has 1 aromatic carbocycles. The van der Waals surface area contributed by atoms with Crippen LogP contribution in [0.25, 0.3) is 0 Å². The number of nitriles is 1. The summed E-state index contributed by atoms with van der Waals surface area (Å²) in [6.45, 7) is 4.10. The molecule has 0 bridgehead atoms. The lowest BCUT2D eigenvalue weighted by Crippen LogP contribution is -2.40. The average Bonchev–Trinajstić information content (AvgIpc) is 2.43. The Bertz CT molecular complexity index is 464. The van der Waals surface area contributed by atoms with Gasteiger partial charge < -0.3 is 5.11 Å². The molecular formula is C16H22N2O. The summed E-state index contributed by atoms with van der Waals surface area (Å²) < 4.78 is 0.